The molecule has 1 aliphatic heterocycles. The number of sulfonamides is 1. The molecule has 1 saturated carbocycles. The Morgan fingerprint density at radius 3 is 2.49 bits per heavy atom. The minimum absolute atomic E-state index is 0.0496. The quantitative estimate of drug-likeness (QED) is 0.229. The van der Waals surface area contributed by atoms with Gasteiger partial charge in [0.2, 0.25) is 15.9 Å². The van der Waals surface area contributed by atoms with Gasteiger partial charge in [0, 0.05) is 12.7 Å². The molecule has 13 nitrogen and oxygen atoms in total. The van der Waals surface area contributed by atoms with E-state index in [0.717, 1.165) is 19.3 Å². The Labute approximate surface area is 262 Å². The first-order chi connectivity index (χ1) is 21.7. The highest BCUT2D eigenvalue weighted by molar-refractivity contribution is 7.92. The van der Waals surface area contributed by atoms with Crippen LogP contribution < -0.4 is 18.9 Å². The largest absolute Gasteiger partial charge is 0.494 e. The third-order valence-electron chi connectivity index (χ3n) is 7.95. The van der Waals surface area contributed by atoms with Crippen LogP contribution in [0, 0.1) is 5.92 Å². The molecule has 1 aliphatic carbocycles. The zero-order valence-electron chi connectivity index (χ0n) is 25.9. The van der Waals surface area contributed by atoms with Crippen LogP contribution >= 0.6 is 0 Å². The number of benzene rings is 1. The maximum absolute atomic E-state index is 13.3. The van der Waals surface area contributed by atoms with Crippen LogP contribution in [0.5, 0.6) is 17.4 Å². The first-order valence-corrected chi connectivity index (χ1v) is 16.7. The van der Waals surface area contributed by atoms with Crippen molar-refractivity contribution in [2.45, 2.75) is 57.8 Å². The summed E-state index contributed by atoms with van der Waals surface area (Å²) in [5, 5.41) is 0. The summed E-state index contributed by atoms with van der Waals surface area (Å²) in [6.07, 6.45) is 5.41. The van der Waals surface area contributed by atoms with E-state index in [-0.39, 0.29) is 40.7 Å². The molecule has 0 amide bonds. The summed E-state index contributed by atoms with van der Waals surface area (Å²) in [6.45, 7) is 5.05. The van der Waals surface area contributed by atoms with Crippen LogP contribution in [-0.2, 0) is 19.5 Å². The van der Waals surface area contributed by atoms with Gasteiger partial charge in [0.1, 0.15) is 22.9 Å². The van der Waals surface area contributed by atoms with Gasteiger partial charge >= 0.3 is 0 Å². The number of aromatic nitrogens is 5. The first kappa shape index (κ1) is 31.0. The van der Waals surface area contributed by atoms with Gasteiger partial charge in [-0.15, -0.1) is 0 Å². The van der Waals surface area contributed by atoms with Crippen LogP contribution in [0.3, 0.4) is 0 Å². The van der Waals surface area contributed by atoms with Crippen molar-refractivity contribution in [2.75, 3.05) is 37.9 Å². The Morgan fingerprint density at radius 1 is 1.04 bits per heavy atom. The molecule has 1 unspecified atom stereocenters. The van der Waals surface area contributed by atoms with Crippen molar-refractivity contribution in [2.24, 2.45) is 5.92 Å². The fraction of sp³-hybridized carbons (Fsp3) is 0.484. The van der Waals surface area contributed by atoms with E-state index in [1.165, 1.54) is 6.20 Å². The van der Waals surface area contributed by atoms with Crippen LogP contribution in [-0.4, -0.2) is 78.0 Å². The Kier molecular flexibility index (Phi) is 8.80. The van der Waals surface area contributed by atoms with Crippen molar-refractivity contribution in [1.29, 1.82) is 0 Å². The van der Waals surface area contributed by atoms with Crippen molar-refractivity contribution in [1.82, 2.24) is 24.5 Å². The molecule has 1 aromatic carbocycles. The maximum atomic E-state index is 13.3. The average molecular weight is 639 g/mol. The molecule has 1 atom stereocenters. The molecule has 4 aromatic rings. The van der Waals surface area contributed by atoms with E-state index in [2.05, 4.69) is 19.7 Å². The van der Waals surface area contributed by atoms with Crippen LogP contribution in [0.1, 0.15) is 46.0 Å². The summed E-state index contributed by atoms with van der Waals surface area (Å²) in [5.41, 5.74) is 1.18. The number of nitrogens with zero attached hydrogens (tertiary/aromatic N) is 5. The summed E-state index contributed by atoms with van der Waals surface area (Å²) in [5.74, 6) is 1.75. The number of anilines is 1. The second-order valence-corrected chi connectivity index (χ2v) is 13.3. The number of fused-ring (bicyclic) bond motifs is 1. The lowest BCUT2D eigenvalue weighted by molar-refractivity contribution is -0.248. The standard InChI is InChI=1S/C31H38N6O7S/c1-5-42-25-13-8-10-21(33-25)29-35-28-30(37(29)27-22(40-3)11-9-12-23(27)41-4)34-24(18-32-28)36-45(38,39)19-20-16-31(2,17-20)44-26-14-6-7-15-43-26/h8-13,18,20,26H,5-7,14-17,19H2,1-4H3,(H,34,36). The number of hydrogen-bond acceptors (Lipinski definition) is 11. The first-order valence-electron chi connectivity index (χ1n) is 15.1. The Morgan fingerprint density at radius 2 is 1.80 bits per heavy atom. The summed E-state index contributed by atoms with van der Waals surface area (Å²) in [6, 6.07) is 10.7. The normalized spacial score (nSPS) is 21.7. The van der Waals surface area contributed by atoms with E-state index in [1.807, 2.05) is 19.9 Å². The highest BCUT2D eigenvalue weighted by atomic mass is 32.2. The number of para-hydroxylation sites is 1. The monoisotopic (exact) mass is 638 g/mol. The van der Waals surface area contributed by atoms with E-state index in [4.69, 9.17) is 28.7 Å². The van der Waals surface area contributed by atoms with E-state index < -0.39 is 10.0 Å². The van der Waals surface area contributed by atoms with Gasteiger partial charge in [0.15, 0.2) is 29.2 Å². The predicted octanol–water partition coefficient (Wildman–Crippen LogP) is 4.75. The number of pyridine rings is 1. The lowest BCUT2D eigenvalue weighted by Crippen LogP contribution is -2.49. The van der Waals surface area contributed by atoms with E-state index in [0.29, 0.717) is 60.6 Å². The summed E-state index contributed by atoms with van der Waals surface area (Å²) in [7, 11) is -0.653. The molecule has 3 aromatic heterocycles. The third-order valence-corrected chi connectivity index (χ3v) is 9.38. The van der Waals surface area contributed by atoms with Crippen molar-refractivity contribution in [3.05, 3.63) is 42.6 Å². The zero-order chi connectivity index (χ0) is 31.6. The highest BCUT2D eigenvalue weighted by Crippen LogP contribution is 2.43. The molecule has 2 fully saturated rings. The van der Waals surface area contributed by atoms with Crippen molar-refractivity contribution in [3.63, 3.8) is 0 Å². The Balaban J connectivity index is 1.31. The molecule has 1 saturated heterocycles. The van der Waals surface area contributed by atoms with Gasteiger partial charge in [-0.2, -0.15) is 0 Å². The number of hydrogen-bond donors (Lipinski definition) is 1. The molecule has 240 valence electrons. The van der Waals surface area contributed by atoms with Gasteiger partial charge in [-0.1, -0.05) is 12.1 Å². The molecule has 1 N–H and O–H groups in total. The number of rotatable bonds is 12. The molecular weight excluding hydrogens is 600 g/mol. The molecule has 0 spiro atoms. The van der Waals surface area contributed by atoms with E-state index in [9.17, 15) is 8.42 Å². The topological polar surface area (TPSA) is 149 Å². The summed E-state index contributed by atoms with van der Waals surface area (Å²) < 4.78 is 59.8. The van der Waals surface area contributed by atoms with Gasteiger partial charge in [-0.3, -0.25) is 9.29 Å². The molecule has 4 heterocycles. The van der Waals surface area contributed by atoms with E-state index >= 15 is 0 Å². The number of methoxy groups -OCH3 is 2. The van der Waals surface area contributed by atoms with Gasteiger partial charge in [0.05, 0.1) is 38.4 Å². The molecule has 6 rings (SSSR count). The van der Waals surface area contributed by atoms with Gasteiger partial charge in [0.25, 0.3) is 0 Å². The average Bonchev–Trinajstić information content (AvgIpc) is 3.38. The fourth-order valence-electron chi connectivity index (χ4n) is 6.11. The Bertz CT molecular complexity index is 1750. The maximum Gasteiger partial charge on any atom is 0.234 e. The minimum atomic E-state index is -3.75. The van der Waals surface area contributed by atoms with Crippen LogP contribution in [0.4, 0.5) is 5.82 Å². The van der Waals surface area contributed by atoms with Crippen molar-refractivity contribution >= 4 is 27.1 Å². The van der Waals surface area contributed by atoms with E-state index in [1.54, 1.807) is 49.1 Å². The molecule has 0 radical (unpaired) electrons. The molecule has 0 bridgehead atoms. The number of ether oxygens (including phenoxy) is 5. The highest BCUT2D eigenvalue weighted by Gasteiger charge is 2.45. The molecular formula is C31H38N6O7S. The summed E-state index contributed by atoms with van der Waals surface area (Å²) >= 11 is 0. The fourth-order valence-corrected chi connectivity index (χ4v) is 7.47. The SMILES string of the molecule is CCOc1cccc(-c2nc3ncc(NS(=O)(=O)CC4CC(C)(OC5CCCCO5)C4)nc3n2-c2c(OC)cccc2OC)n1. The lowest BCUT2D eigenvalue weighted by atomic mass is 9.73. The zero-order valence-corrected chi connectivity index (χ0v) is 26.7. The Hall–Kier alpha value is -4.01. The van der Waals surface area contributed by atoms with Crippen LogP contribution in [0.15, 0.2) is 42.6 Å². The van der Waals surface area contributed by atoms with Gasteiger partial charge in [-0.25, -0.2) is 28.4 Å². The van der Waals surface area contributed by atoms with Crippen LogP contribution in [0.2, 0.25) is 0 Å². The van der Waals surface area contributed by atoms with Crippen LogP contribution in [0.25, 0.3) is 28.5 Å². The molecule has 2 aliphatic rings. The molecule has 45 heavy (non-hydrogen) atoms. The number of imidazole rings is 1. The van der Waals surface area contributed by atoms with Gasteiger partial charge < -0.3 is 23.7 Å². The number of nitrogens with one attached hydrogen (secondary N) is 1. The lowest BCUT2D eigenvalue weighted by Gasteiger charge is -2.46. The summed E-state index contributed by atoms with van der Waals surface area (Å²) in [4.78, 5) is 18.5. The minimum Gasteiger partial charge on any atom is -0.494 e. The third kappa shape index (κ3) is 6.67. The smallest absolute Gasteiger partial charge is 0.234 e. The predicted molar refractivity (Wildman–Crippen MR) is 167 cm³/mol. The second-order valence-electron chi connectivity index (χ2n) is 11.5. The van der Waals surface area contributed by atoms with Crippen molar-refractivity contribution in [3.8, 4) is 34.6 Å². The second kappa shape index (κ2) is 12.8. The van der Waals surface area contributed by atoms with Crippen molar-refractivity contribution < 1.29 is 32.1 Å². The van der Waals surface area contributed by atoms with Gasteiger partial charge in [-0.05, 0) is 70.1 Å². The molecule has 14 heteroatoms.